The normalized spacial score (nSPS) is 27.1. The van der Waals surface area contributed by atoms with Gasteiger partial charge in [-0.15, -0.1) is 0 Å². The zero-order chi connectivity index (χ0) is 10.6. The third-order valence-corrected chi connectivity index (χ3v) is 3.53. The first-order chi connectivity index (χ1) is 6.57. The Morgan fingerprint density at radius 3 is 2.71 bits per heavy atom. The molecule has 1 saturated heterocycles. The molecule has 0 aromatic heterocycles. The molecule has 0 aliphatic carbocycles. The largest absolute Gasteiger partial charge is 0.480 e. The third-order valence-electron chi connectivity index (χ3n) is 2.25. The topological polar surface area (TPSA) is 92.4 Å². The van der Waals surface area contributed by atoms with Gasteiger partial charge in [-0.25, -0.2) is 0 Å². The average molecular weight is 218 g/mol. The van der Waals surface area contributed by atoms with E-state index in [9.17, 15) is 9.59 Å². The predicted molar refractivity (Wildman–Crippen MR) is 54.1 cm³/mol. The van der Waals surface area contributed by atoms with Crippen LogP contribution in [0.25, 0.3) is 0 Å². The number of carboxylic acids is 1. The molecule has 1 aliphatic heterocycles. The Kier molecular flexibility index (Phi) is 3.77. The highest BCUT2D eigenvalue weighted by molar-refractivity contribution is 7.99. The second-order valence-electron chi connectivity index (χ2n) is 3.36. The van der Waals surface area contributed by atoms with Crippen LogP contribution in [0.5, 0.6) is 0 Å². The van der Waals surface area contributed by atoms with E-state index in [1.165, 1.54) is 0 Å². The Hall–Kier alpha value is -0.750. The van der Waals surface area contributed by atoms with Crippen LogP contribution in [0.1, 0.15) is 12.8 Å². The average Bonchev–Trinajstić information content (AvgIpc) is 2.16. The van der Waals surface area contributed by atoms with E-state index in [0.29, 0.717) is 12.2 Å². The van der Waals surface area contributed by atoms with Crippen LogP contribution in [-0.2, 0) is 9.59 Å². The summed E-state index contributed by atoms with van der Waals surface area (Å²) in [6.07, 6.45) is 1.41. The number of rotatable bonds is 4. The van der Waals surface area contributed by atoms with E-state index >= 15 is 0 Å². The lowest BCUT2D eigenvalue weighted by atomic mass is 9.95. The van der Waals surface area contributed by atoms with Crippen molar-refractivity contribution in [1.82, 2.24) is 5.32 Å². The van der Waals surface area contributed by atoms with Crippen molar-refractivity contribution in [3.05, 3.63) is 0 Å². The van der Waals surface area contributed by atoms with Crippen LogP contribution < -0.4 is 11.1 Å². The molecule has 0 aromatic rings. The minimum absolute atomic E-state index is 0.0765. The molecule has 5 nitrogen and oxygen atoms in total. The molecule has 6 heteroatoms. The lowest BCUT2D eigenvalue weighted by Crippen LogP contribution is -2.57. The van der Waals surface area contributed by atoms with Gasteiger partial charge in [0.25, 0.3) is 0 Å². The van der Waals surface area contributed by atoms with E-state index in [-0.39, 0.29) is 6.54 Å². The minimum Gasteiger partial charge on any atom is -0.480 e. The van der Waals surface area contributed by atoms with Gasteiger partial charge in [-0.1, -0.05) is 0 Å². The molecular weight excluding hydrogens is 204 g/mol. The number of carbonyl (C=O) groups is 2. The second-order valence-corrected chi connectivity index (χ2v) is 4.47. The number of carboxylic acid groups (broad SMARTS) is 1. The van der Waals surface area contributed by atoms with Crippen molar-refractivity contribution in [3.8, 4) is 0 Å². The van der Waals surface area contributed by atoms with Crippen LogP contribution in [0.4, 0.5) is 0 Å². The summed E-state index contributed by atoms with van der Waals surface area (Å²) in [4.78, 5) is 21.6. The number of hydrogen-bond donors (Lipinski definition) is 3. The van der Waals surface area contributed by atoms with Gasteiger partial charge in [-0.05, 0) is 18.6 Å². The Morgan fingerprint density at radius 1 is 1.57 bits per heavy atom. The maximum Gasteiger partial charge on any atom is 0.324 e. The summed E-state index contributed by atoms with van der Waals surface area (Å²) in [7, 11) is 0. The van der Waals surface area contributed by atoms with E-state index in [4.69, 9.17) is 10.8 Å². The first kappa shape index (κ1) is 11.3. The number of thioether (sulfide) groups is 1. The standard InChI is InChI=1S/C8H14N2O3S/c9-6(11)4-10-8(7(12)13)2-1-3-14-5-8/h10H,1-5H2,(H2,9,11)(H,12,13). The summed E-state index contributed by atoms with van der Waals surface area (Å²) in [5.74, 6) is 0.0512. The van der Waals surface area contributed by atoms with Crippen LogP contribution in [0.3, 0.4) is 0 Å². The van der Waals surface area contributed by atoms with Gasteiger partial charge in [-0.2, -0.15) is 11.8 Å². The van der Waals surface area contributed by atoms with Crippen LogP contribution in [0.15, 0.2) is 0 Å². The molecule has 0 saturated carbocycles. The van der Waals surface area contributed by atoms with Gasteiger partial charge in [0.05, 0.1) is 6.54 Å². The van der Waals surface area contributed by atoms with Crippen LogP contribution in [-0.4, -0.2) is 40.6 Å². The molecule has 1 rings (SSSR count). The van der Waals surface area contributed by atoms with Gasteiger partial charge in [-0.3, -0.25) is 14.9 Å². The van der Waals surface area contributed by atoms with Gasteiger partial charge >= 0.3 is 5.97 Å². The van der Waals surface area contributed by atoms with Crippen molar-refractivity contribution in [1.29, 1.82) is 0 Å². The highest BCUT2D eigenvalue weighted by Gasteiger charge is 2.39. The maximum atomic E-state index is 11.1. The molecule has 1 amide bonds. The van der Waals surface area contributed by atoms with E-state index in [1.807, 2.05) is 0 Å². The van der Waals surface area contributed by atoms with Crippen LogP contribution in [0, 0.1) is 0 Å². The molecule has 0 radical (unpaired) electrons. The molecule has 1 unspecified atom stereocenters. The third kappa shape index (κ3) is 2.62. The number of amides is 1. The quantitative estimate of drug-likeness (QED) is 0.586. The van der Waals surface area contributed by atoms with Gasteiger partial charge in [0, 0.05) is 5.75 Å². The summed E-state index contributed by atoms with van der Waals surface area (Å²) >= 11 is 1.59. The summed E-state index contributed by atoms with van der Waals surface area (Å²) < 4.78 is 0. The highest BCUT2D eigenvalue weighted by Crippen LogP contribution is 2.26. The number of aliphatic carboxylic acids is 1. The van der Waals surface area contributed by atoms with E-state index in [1.54, 1.807) is 11.8 Å². The number of nitrogens with two attached hydrogens (primary N) is 1. The van der Waals surface area contributed by atoms with E-state index in [2.05, 4.69) is 5.32 Å². The Morgan fingerprint density at radius 2 is 2.29 bits per heavy atom. The minimum atomic E-state index is -0.960. The SMILES string of the molecule is NC(=O)CNC1(C(=O)O)CCCSC1. The van der Waals surface area contributed by atoms with Crippen molar-refractivity contribution < 1.29 is 14.7 Å². The smallest absolute Gasteiger partial charge is 0.324 e. The number of hydrogen-bond acceptors (Lipinski definition) is 4. The Bertz CT molecular complexity index is 239. The first-order valence-corrected chi connectivity index (χ1v) is 5.57. The maximum absolute atomic E-state index is 11.1. The summed E-state index contributed by atoms with van der Waals surface area (Å²) in [6, 6.07) is 0. The molecule has 1 fully saturated rings. The number of nitrogens with one attached hydrogen (secondary N) is 1. The van der Waals surface area contributed by atoms with Gasteiger partial charge < -0.3 is 10.8 Å². The van der Waals surface area contributed by atoms with Gasteiger partial charge in [0.15, 0.2) is 0 Å². The molecule has 1 atom stereocenters. The monoisotopic (exact) mass is 218 g/mol. The second kappa shape index (κ2) is 4.65. The molecular formula is C8H14N2O3S. The molecule has 1 aliphatic rings. The highest BCUT2D eigenvalue weighted by atomic mass is 32.2. The fourth-order valence-corrected chi connectivity index (χ4v) is 2.65. The van der Waals surface area contributed by atoms with Crippen molar-refractivity contribution in [2.75, 3.05) is 18.1 Å². The summed E-state index contributed by atoms with van der Waals surface area (Å²) in [6.45, 7) is -0.0765. The molecule has 1 heterocycles. The van der Waals surface area contributed by atoms with Crippen LogP contribution in [0.2, 0.25) is 0 Å². The van der Waals surface area contributed by atoms with Crippen molar-refractivity contribution in [2.45, 2.75) is 18.4 Å². The summed E-state index contributed by atoms with van der Waals surface area (Å²) in [5.41, 5.74) is 4.01. The molecule has 0 spiro atoms. The van der Waals surface area contributed by atoms with Gasteiger partial charge in [0.1, 0.15) is 5.54 Å². The van der Waals surface area contributed by atoms with Crippen molar-refractivity contribution in [2.24, 2.45) is 5.73 Å². The van der Waals surface area contributed by atoms with Crippen molar-refractivity contribution in [3.63, 3.8) is 0 Å². The molecule has 14 heavy (non-hydrogen) atoms. The number of primary amides is 1. The Balaban J connectivity index is 2.60. The first-order valence-electron chi connectivity index (χ1n) is 4.41. The van der Waals surface area contributed by atoms with E-state index in [0.717, 1.165) is 12.2 Å². The van der Waals surface area contributed by atoms with Crippen LogP contribution >= 0.6 is 11.8 Å². The predicted octanol–water partition coefficient (Wildman–Crippen LogP) is -0.588. The molecule has 0 bridgehead atoms. The van der Waals surface area contributed by atoms with Crippen molar-refractivity contribution >= 4 is 23.6 Å². The molecule has 80 valence electrons. The lowest BCUT2D eigenvalue weighted by Gasteiger charge is -2.33. The number of carbonyl (C=O) groups excluding carboxylic acids is 1. The summed E-state index contributed by atoms with van der Waals surface area (Å²) in [5, 5.41) is 11.8. The fourth-order valence-electron chi connectivity index (χ4n) is 1.43. The lowest BCUT2D eigenvalue weighted by molar-refractivity contribution is -0.144. The molecule has 0 aromatic carbocycles. The zero-order valence-corrected chi connectivity index (χ0v) is 8.60. The van der Waals surface area contributed by atoms with E-state index < -0.39 is 17.4 Å². The molecule has 4 N–H and O–H groups in total. The zero-order valence-electron chi connectivity index (χ0n) is 7.78. The fraction of sp³-hybridized carbons (Fsp3) is 0.750. The Labute approximate surface area is 86.4 Å². The van der Waals surface area contributed by atoms with Gasteiger partial charge in [0.2, 0.25) is 5.91 Å².